The number of aryl methyl sites for hydroxylation is 1. The van der Waals surface area contributed by atoms with Gasteiger partial charge in [0.25, 0.3) is 17.5 Å². The van der Waals surface area contributed by atoms with Crippen LogP contribution in [-0.2, 0) is 22.8 Å². The average molecular weight is 642 g/mol. The number of hydrogen-bond donors (Lipinski definition) is 1. The van der Waals surface area contributed by atoms with E-state index in [1.807, 2.05) is 31.2 Å². The Bertz CT molecular complexity index is 1750. The zero-order chi connectivity index (χ0) is 30.5. The molecule has 0 saturated carbocycles. The van der Waals surface area contributed by atoms with Crippen molar-refractivity contribution >= 4 is 51.2 Å². The second-order valence-electron chi connectivity index (χ2n) is 9.62. The van der Waals surface area contributed by atoms with Gasteiger partial charge in [-0.15, -0.1) is 0 Å². The maximum absolute atomic E-state index is 13.5. The number of rotatable bonds is 9. The highest BCUT2D eigenvalue weighted by atomic mass is 79.9. The molecule has 1 saturated heterocycles. The molecule has 0 aromatic heterocycles. The molecule has 4 aromatic carbocycles. The number of non-ortho nitro benzene ring substituents is 1. The van der Waals surface area contributed by atoms with E-state index in [9.17, 15) is 24.5 Å². The number of hydrogen-bond acceptors (Lipinski definition) is 7. The highest BCUT2D eigenvalue weighted by molar-refractivity contribution is 9.10. The molecule has 1 N–H and O–H groups in total. The van der Waals surface area contributed by atoms with E-state index in [0.717, 1.165) is 16.0 Å². The third-order valence-corrected chi connectivity index (χ3v) is 7.00. The summed E-state index contributed by atoms with van der Waals surface area (Å²) in [6, 6.07) is 24.5. The highest BCUT2D eigenvalue weighted by Crippen LogP contribution is 2.30. The number of barbiturate groups is 1. The van der Waals surface area contributed by atoms with E-state index in [0.29, 0.717) is 33.7 Å². The molecule has 216 valence electrons. The van der Waals surface area contributed by atoms with Crippen molar-refractivity contribution in [2.45, 2.75) is 20.1 Å². The summed E-state index contributed by atoms with van der Waals surface area (Å²) < 4.78 is 12.4. The topological polar surface area (TPSA) is 128 Å². The molecule has 4 aromatic rings. The zero-order valence-corrected chi connectivity index (χ0v) is 24.4. The van der Waals surface area contributed by atoms with Crippen LogP contribution in [-0.4, -0.2) is 22.8 Å². The molecular formula is C32H24BrN3O7. The Hall–Kier alpha value is -5.29. The molecule has 0 atom stereocenters. The van der Waals surface area contributed by atoms with E-state index in [4.69, 9.17) is 9.47 Å². The van der Waals surface area contributed by atoms with Crippen molar-refractivity contribution in [3.63, 3.8) is 0 Å². The summed E-state index contributed by atoms with van der Waals surface area (Å²) in [5.74, 6) is -0.803. The van der Waals surface area contributed by atoms with E-state index in [2.05, 4.69) is 21.2 Å². The number of amides is 4. The molecule has 43 heavy (non-hydrogen) atoms. The maximum Gasteiger partial charge on any atom is 0.335 e. The normalized spacial score (nSPS) is 14.0. The van der Waals surface area contributed by atoms with Crippen molar-refractivity contribution in [2.75, 3.05) is 4.90 Å². The van der Waals surface area contributed by atoms with Crippen LogP contribution in [0.25, 0.3) is 6.08 Å². The second kappa shape index (κ2) is 12.7. The summed E-state index contributed by atoms with van der Waals surface area (Å²) in [7, 11) is 0. The number of benzene rings is 4. The van der Waals surface area contributed by atoms with Gasteiger partial charge >= 0.3 is 6.03 Å². The lowest BCUT2D eigenvalue weighted by Crippen LogP contribution is -2.54. The SMILES string of the molecule is Cc1ccc(COc2ccc(N3C(=O)NC(=O)/C(=C\c4cc(Br)ccc4OCc4cccc([N+](=O)[O-])c4)C3=O)cc2)cc1. The molecular weight excluding hydrogens is 618 g/mol. The summed E-state index contributed by atoms with van der Waals surface area (Å²) in [4.78, 5) is 50.5. The molecule has 0 spiro atoms. The maximum atomic E-state index is 13.5. The van der Waals surface area contributed by atoms with Crippen LogP contribution >= 0.6 is 15.9 Å². The predicted octanol–water partition coefficient (Wildman–Crippen LogP) is 6.49. The Labute approximate surface area is 254 Å². The van der Waals surface area contributed by atoms with Crippen LogP contribution in [0.15, 0.2) is 101 Å². The number of nitro groups is 1. The molecule has 1 aliphatic rings. The van der Waals surface area contributed by atoms with Gasteiger partial charge in [0, 0.05) is 22.2 Å². The number of halogens is 1. The zero-order valence-electron chi connectivity index (χ0n) is 22.8. The molecule has 0 bridgehead atoms. The molecule has 1 fully saturated rings. The summed E-state index contributed by atoms with van der Waals surface area (Å²) in [5.41, 5.74) is 2.98. The van der Waals surface area contributed by atoms with E-state index in [1.54, 1.807) is 54.6 Å². The Morgan fingerprint density at radius 3 is 2.33 bits per heavy atom. The molecule has 11 heteroatoms. The number of anilines is 1. The monoisotopic (exact) mass is 641 g/mol. The van der Waals surface area contributed by atoms with Crippen molar-refractivity contribution < 1.29 is 28.8 Å². The Morgan fingerprint density at radius 1 is 0.884 bits per heavy atom. The average Bonchev–Trinajstić information content (AvgIpc) is 2.99. The molecule has 5 rings (SSSR count). The van der Waals surface area contributed by atoms with Crippen LogP contribution in [0.3, 0.4) is 0 Å². The molecule has 1 heterocycles. The number of imide groups is 2. The van der Waals surface area contributed by atoms with Gasteiger partial charge in [-0.3, -0.25) is 25.0 Å². The minimum absolute atomic E-state index is 0.00255. The molecule has 0 aliphatic carbocycles. The lowest BCUT2D eigenvalue weighted by atomic mass is 10.1. The van der Waals surface area contributed by atoms with Crippen LogP contribution < -0.4 is 19.7 Å². The van der Waals surface area contributed by atoms with Gasteiger partial charge in [0.2, 0.25) is 0 Å². The van der Waals surface area contributed by atoms with Crippen LogP contribution in [0.2, 0.25) is 0 Å². The van der Waals surface area contributed by atoms with E-state index < -0.39 is 22.8 Å². The van der Waals surface area contributed by atoms with Gasteiger partial charge in [0.05, 0.1) is 10.6 Å². The Kier molecular flexibility index (Phi) is 8.63. The van der Waals surface area contributed by atoms with Gasteiger partial charge in [0.15, 0.2) is 0 Å². The second-order valence-corrected chi connectivity index (χ2v) is 10.5. The third kappa shape index (κ3) is 6.96. The number of nitro benzene ring substituents is 1. The van der Waals surface area contributed by atoms with Gasteiger partial charge in [-0.25, -0.2) is 9.69 Å². The van der Waals surface area contributed by atoms with Gasteiger partial charge in [-0.05, 0) is 66.6 Å². The summed E-state index contributed by atoms with van der Waals surface area (Å²) in [6.07, 6.45) is 1.34. The molecule has 0 unspecified atom stereocenters. The highest BCUT2D eigenvalue weighted by Gasteiger charge is 2.37. The molecule has 10 nitrogen and oxygen atoms in total. The van der Waals surface area contributed by atoms with E-state index >= 15 is 0 Å². The first kappa shape index (κ1) is 29.2. The number of carbonyl (C=O) groups excluding carboxylic acids is 3. The third-order valence-electron chi connectivity index (χ3n) is 6.51. The van der Waals surface area contributed by atoms with Crippen molar-refractivity contribution in [3.05, 3.63) is 133 Å². The van der Waals surface area contributed by atoms with Crippen LogP contribution in [0, 0.1) is 17.0 Å². The minimum Gasteiger partial charge on any atom is -0.489 e. The fourth-order valence-corrected chi connectivity index (χ4v) is 4.65. The largest absolute Gasteiger partial charge is 0.489 e. The lowest BCUT2D eigenvalue weighted by molar-refractivity contribution is -0.384. The van der Waals surface area contributed by atoms with Crippen molar-refractivity contribution in [3.8, 4) is 11.5 Å². The van der Waals surface area contributed by atoms with Gasteiger partial charge < -0.3 is 9.47 Å². The number of urea groups is 1. The summed E-state index contributed by atoms with van der Waals surface area (Å²) >= 11 is 3.39. The fraction of sp³-hybridized carbons (Fsp3) is 0.0938. The van der Waals surface area contributed by atoms with E-state index in [1.165, 1.54) is 18.2 Å². The van der Waals surface area contributed by atoms with Crippen molar-refractivity contribution in [1.82, 2.24) is 5.32 Å². The van der Waals surface area contributed by atoms with E-state index in [-0.39, 0.29) is 23.6 Å². The van der Waals surface area contributed by atoms with Crippen LogP contribution in [0.1, 0.15) is 22.3 Å². The Balaban J connectivity index is 1.35. The first-order valence-electron chi connectivity index (χ1n) is 13.0. The smallest absolute Gasteiger partial charge is 0.335 e. The first-order valence-corrected chi connectivity index (χ1v) is 13.8. The van der Waals surface area contributed by atoms with Gasteiger partial charge in [-0.2, -0.15) is 0 Å². The molecule has 1 aliphatic heterocycles. The van der Waals surface area contributed by atoms with Gasteiger partial charge in [0.1, 0.15) is 30.3 Å². The predicted molar refractivity (Wildman–Crippen MR) is 163 cm³/mol. The minimum atomic E-state index is -0.878. The number of ether oxygens (including phenoxy) is 2. The van der Waals surface area contributed by atoms with Crippen LogP contribution in [0.5, 0.6) is 11.5 Å². The standard InChI is InChI=1S/C32H24BrN3O7/c1-20-5-7-21(8-6-20)18-42-27-12-10-25(11-13-27)35-31(38)28(30(37)34-32(35)39)17-23-16-24(33)9-14-29(23)43-19-22-3-2-4-26(15-22)36(40)41/h2-17H,18-19H2,1H3,(H,34,37,39)/b28-17+. The summed E-state index contributed by atoms with van der Waals surface area (Å²) in [5, 5.41) is 13.3. The van der Waals surface area contributed by atoms with Crippen LogP contribution in [0.4, 0.5) is 16.2 Å². The van der Waals surface area contributed by atoms with Gasteiger partial charge in [-0.1, -0.05) is 57.9 Å². The fourth-order valence-electron chi connectivity index (χ4n) is 4.27. The summed E-state index contributed by atoms with van der Waals surface area (Å²) in [6.45, 7) is 2.36. The number of nitrogens with zero attached hydrogens (tertiary/aromatic N) is 2. The molecule has 0 radical (unpaired) electrons. The first-order chi connectivity index (χ1) is 20.7. The Morgan fingerprint density at radius 2 is 1.60 bits per heavy atom. The lowest BCUT2D eigenvalue weighted by Gasteiger charge is -2.26. The quantitative estimate of drug-likeness (QED) is 0.0957. The molecule has 4 amide bonds. The number of carbonyl (C=O) groups is 3. The van der Waals surface area contributed by atoms with Crippen molar-refractivity contribution in [2.24, 2.45) is 0 Å². The number of nitrogens with one attached hydrogen (secondary N) is 1. The van der Waals surface area contributed by atoms with Crippen molar-refractivity contribution in [1.29, 1.82) is 0 Å².